The van der Waals surface area contributed by atoms with E-state index in [0.29, 0.717) is 16.0 Å². The summed E-state index contributed by atoms with van der Waals surface area (Å²) in [4.78, 5) is 8.42. The van der Waals surface area contributed by atoms with E-state index in [0.717, 1.165) is 16.7 Å². The molecule has 0 spiro atoms. The lowest BCUT2D eigenvalue weighted by molar-refractivity contribution is 0.489. The second kappa shape index (κ2) is 5.23. The van der Waals surface area contributed by atoms with E-state index >= 15 is 0 Å². The molecule has 19 heavy (non-hydrogen) atoms. The normalized spacial score (nSPS) is 11.1. The lowest BCUT2D eigenvalue weighted by Gasteiger charge is -1.99. The van der Waals surface area contributed by atoms with Crippen LogP contribution in [0.1, 0.15) is 11.1 Å². The zero-order valence-electron chi connectivity index (χ0n) is 10.3. The van der Waals surface area contributed by atoms with E-state index in [-0.39, 0.29) is 0 Å². The minimum Gasteiger partial charge on any atom is -0.431 e. The number of halogens is 1. The SMILES string of the molecule is Cc1ccc2oc(SCc3ccncc3Cl)nc2c1. The van der Waals surface area contributed by atoms with E-state index in [4.69, 9.17) is 16.0 Å². The molecule has 0 saturated carbocycles. The minimum atomic E-state index is 0.661. The zero-order valence-corrected chi connectivity index (χ0v) is 11.8. The maximum absolute atomic E-state index is 6.06. The molecule has 0 N–H and O–H groups in total. The van der Waals surface area contributed by atoms with Crippen molar-refractivity contribution in [2.24, 2.45) is 0 Å². The molecule has 5 heteroatoms. The molecule has 0 fully saturated rings. The van der Waals surface area contributed by atoms with Gasteiger partial charge >= 0.3 is 0 Å². The average Bonchev–Trinajstić information content (AvgIpc) is 2.79. The Balaban J connectivity index is 1.80. The summed E-state index contributed by atoms with van der Waals surface area (Å²) in [6.45, 7) is 2.04. The number of benzene rings is 1. The van der Waals surface area contributed by atoms with Crippen molar-refractivity contribution in [2.75, 3.05) is 0 Å². The van der Waals surface area contributed by atoms with E-state index < -0.39 is 0 Å². The van der Waals surface area contributed by atoms with Crippen LogP contribution in [0.3, 0.4) is 0 Å². The highest BCUT2D eigenvalue weighted by atomic mass is 35.5. The number of aryl methyl sites for hydroxylation is 1. The van der Waals surface area contributed by atoms with Crippen LogP contribution in [0.5, 0.6) is 0 Å². The van der Waals surface area contributed by atoms with Gasteiger partial charge in [-0.05, 0) is 36.2 Å². The summed E-state index contributed by atoms with van der Waals surface area (Å²) in [7, 11) is 0. The van der Waals surface area contributed by atoms with Gasteiger partial charge in [0.15, 0.2) is 5.58 Å². The Labute approximate surface area is 120 Å². The summed E-state index contributed by atoms with van der Waals surface area (Å²) >= 11 is 7.59. The van der Waals surface area contributed by atoms with E-state index in [1.54, 1.807) is 12.4 Å². The van der Waals surface area contributed by atoms with Crippen molar-refractivity contribution in [1.29, 1.82) is 0 Å². The molecule has 0 amide bonds. The second-order valence-electron chi connectivity index (χ2n) is 4.21. The van der Waals surface area contributed by atoms with Gasteiger partial charge in [-0.25, -0.2) is 4.98 Å². The molecule has 3 nitrogen and oxygen atoms in total. The minimum absolute atomic E-state index is 0.661. The number of thioether (sulfide) groups is 1. The van der Waals surface area contributed by atoms with Crippen molar-refractivity contribution in [1.82, 2.24) is 9.97 Å². The molecule has 0 aliphatic carbocycles. The molecule has 0 aliphatic rings. The Hall–Kier alpha value is -1.52. The number of pyridine rings is 1. The third kappa shape index (κ3) is 2.74. The molecule has 0 aliphatic heterocycles. The lowest BCUT2D eigenvalue weighted by Crippen LogP contribution is -1.83. The molecule has 2 aromatic heterocycles. The first kappa shape index (κ1) is 12.5. The van der Waals surface area contributed by atoms with Crippen LogP contribution < -0.4 is 0 Å². The monoisotopic (exact) mass is 290 g/mol. The highest BCUT2D eigenvalue weighted by Gasteiger charge is 2.08. The molecule has 0 unspecified atom stereocenters. The smallest absolute Gasteiger partial charge is 0.257 e. The number of aromatic nitrogens is 2. The van der Waals surface area contributed by atoms with Crippen LogP contribution in [0.2, 0.25) is 5.02 Å². The van der Waals surface area contributed by atoms with Gasteiger partial charge in [0.25, 0.3) is 5.22 Å². The lowest BCUT2D eigenvalue weighted by atomic mass is 10.2. The van der Waals surface area contributed by atoms with Gasteiger partial charge in [-0.2, -0.15) is 0 Å². The fraction of sp³-hybridized carbons (Fsp3) is 0.143. The number of oxazole rings is 1. The Morgan fingerprint density at radius 3 is 3.05 bits per heavy atom. The third-order valence-electron chi connectivity index (χ3n) is 2.73. The van der Waals surface area contributed by atoms with Gasteiger partial charge in [0.1, 0.15) is 5.52 Å². The summed E-state index contributed by atoms with van der Waals surface area (Å²) in [5.74, 6) is 0.715. The topological polar surface area (TPSA) is 38.9 Å². The van der Waals surface area contributed by atoms with E-state index in [2.05, 4.69) is 9.97 Å². The van der Waals surface area contributed by atoms with Crippen molar-refractivity contribution in [3.63, 3.8) is 0 Å². The maximum atomic E-state index is 6.06. The molecule has 1 aromatic carbocycles. The zero-order chi connectivity index (χ0) is 13.2. The van der Waals surface area contributed by atoms with Crippen LogP contribution in [0.4, 0.5) is 0 Å². The number of nitrogens with zero attached hydrogens (tertiary/aromatic N) is 2. The van der Waals surface area contributed by atoms with Crippen molar-refractivity contribution in [3.8, 4) is 0 Å². The number of rotatable bonds is 3. The van der Waals surface area contributed by atoms with Gasteiger partial charge in [-0.3, -0.25) is 4.98 Å². The van der Waals surface area contributed by atoms with Gasteiger partial charge in [0.2, 0.25) is 0 Å². The van der Waals surface area contributed by atoms with Gasteiger partial charge in [0, 0.05) is 18.1 Å². The maximum Gasteiger partial charge on any atom is 0.257 e. The fourth-order valence-electron chi connectivity index (χ4n) is 1.74. The molecule has 0 atom stereocenters. The van der Waals surface area contributed by atoms with Gasteiger partial charge in [-0.15, -0.1) is 0 Å². The molecule has 96 valence electrons. The third-order valence-corrected chi connectivity index (χ3v) is 3.95. The van der Waals surface area contributed by atoms with Crippen LogP contribution in [-0.4, -0.2) is 9.97 Å². The molecule has 3 aromatic rings. The Kier molecular flexibility index (Phi) is 3.44. The highest BCUT2D eigenvalue weighted by Crippen LogP contribution is 2.28. The number of hydrogen-bond acceptors (Lipinski definition) is 4. The summed E-state index contributed by atoms with van der Waals surface area (Å²) < 4.78 is 5.68. The van der Waals surface area contributed by atoms with Crippen molar-refractivity contribution in [2.45, 2.75) is 17.9 Å². The van der Waals surface area contributed by atoms with Crippen LogP contribution in [0.15, 0.2) is 46.3 Å². The fourth-order valence-corrected chi connectivity index (χ4v) is 2.85. The first-order chi connectivity index (χ1) is 9.22. The van der Waals surface area contributed by atoms with Gasteiger partial charge in [0.05, 0.1) is 5.02 Å². The van der Waals surface area contributed by atoms with Crippen molar-refractivity contribution >= 4 is 34.5 Å². The summed E-state index contributed by atoms with van der Waals surface area (Å²) in [5.41, 5.74) is 3.91. The van der Waals surface area contributed by atoms with E-state index in [9.17, 15) is 0 Å². The van der Waals surface area contributed by atoms with Gasteiger partial charge < -0.3 is 4.42 Å². The van der Waals surface area contributed by atoms with Crippen LogP contribution >= 0.6 is 23.4 Å². The van der Waals surface area contributed by atoms with Crippen molar-refractivity contribution < 1.29 is 4.42 Å². The first-order valence-corrected chi connectivity index (χ1v) is 7.17. The van der Waals surface area contributed by atoms with Crippen molar-refractivity contribution in [3.05, 3.63) is 52.8 Å². The van der Waals surface area contributed by atoms with Crippen LogP contribution in [-0.2, 0) is 5.75 Å². The Bertz CT molecular complexity index is 726. The molecule has 0 radical (unpaired) electrons. The predicted molar refractivity (Wildman–Crippen MR) is 77.6 cm³/mol. The molecular weight excluding hydrogens is 280 g/mol. The molecule has 3 rings (SSSR count). The molecule has 0 bridgehead atoms. The second-order valence-corrected chi connectivity index (χ2v) is 5.54. The summed E-state index contributed by atoms with van der Waals surface area (Å²) in [5, 5.41) is 1.33. The Morgan fingerprint density at radius 2 is 2.21 bits per heavy atom. The van der Waals surface area contributed by atoms with Crippen LogP contribution in [0, 0.1) is 6.92 Å². The summed E-state index contributed by atoms with van der Waals surface area (Å²) in [6.07, 6.45) is 3.38. The first-order valence-electron chi connectivity index (χ1n) is 5.81. The summed E-state index contributed by atoms with van der Waals surface area (Å²) in [6, 6.07) is 7.88. The van der Waals surface area contributed by atoms with Gasteiger partial charge in [-0.1, -0.05) is 29.4 Å². The average molecular weight is 291 g/mol. The number of hydrogen-bond donors (Lipinski definition) is 0. The molecule has 2 heterocycles. The largest absolute Gasteiger partial charge is 0.431 e. The standard InChI is InChI=1S/C14H11ClN2OS/c1-9-2-3-13-12(6-9)17-14(18-13)19-8-10-4-5-16-7-11(10)15/h2-7H,8H2,1H3. The quantitative estimate of drug-likeness (QED) is 0.667. The highest BCUT2D eigenvalue weighted by molar-refractivity contribution is 7.98. The predicted octanol–water partition coefficient (Wildman–Crippen LogP) is 4.48. The molecule has 0 saturated heterocycles. The van der Waals surface area contributed by atoms with E-state index in [1.807, 2.05) is 31.2 Å². The Morgan fingerprint density at radius 1 is 1.32 bits per heavy atom. The number of fused-ring (bicyclic) bond motifs is 1. The molecular formula is C14H11ClN2OS. The van der Waals surface area contributed by atoms with E-state index in [1.165, 1.54) is 17.3 Å². The van der Waals surface area contributed by atoms with Crippen LogP contribution in [0.25, 0.3) is 11.1 Å².